The number of amidine groups is 1. The number of carbonyl (C=O) groups is 1. The largest absolute Gasteiger partial charge is 0.457 e. The quantitative estimate of drug-likeness (QED) is 0.582. The van der Waals surface area contributed by atoms with Crippen molar-refractivity contribution in [3.05, 3.63) is 89.3 Å². The Kier molecular flexibility index (Phi) is 6.08. The summed E-state index contributed by atoms with van der Waals surface area (Å²) in [5.41, 5.74) is 4.12. The minimum Gasteiger partial charge on any atom is -0.457 e. The Balaban J connectivity index is 1.46. The van der Waals surface area contributed by atoms with Gasteiger partial charge in [-0.25, -0.2) is 0 Å². The topological polar surface area (TPSA) is 75.6 Å². The Morgan fingerprint density at radius 2 is 1.94 bits per heavy atom. The van der Waals surface area contributed by atoms with Crippen LogP contribution in [0.25, 0.3) is 6.08 Å². The average molecular weight is 412 g/mol. The molecule has 156 valence electrons. The molecule has 0 saturated heterocycles. The third kappa shape index (κ3) is 5.36. The fourth-order valence-corrected chi connectivity index (χ4v) is 3.25. The molecule has 0 saturated carbocycles. The molecule has 0 unspecified atom stereocenters. The Hall–Kier alpha value is -3.93. The summed E-state index contributed by atoms with van der Waals surface area (Å²) in [5.74, 6) is 2.01. The highest BCUT2D eigenvalue weighted by molar-refractivity contribution is 6.06. The van der Waals surface area contributed by atoms with Crippen molar-refractivity contribution in [3.8, 4) is 11.5 Å². The second-order valence-electron chi connectivity index (χ2n) is 7.36. The van der Waals surface area contributed by atoms with E-state index in [0.717, 1.165) is 41.4 Å². The molecule has 3 aromatic rings. The van der Waals surface area contributed by atoms with Crippen molar-refractivity contribution in [2.24, 2.45) is 4.99 Å². The van der Waals surface area contributed by atoms with E-state index >= 15 is 0 Å². The number of ether oxygens (including phenoxy) is 1. The van der Waals surface area contributed by atoms with Crippen molar-refractivity contribution < 1.29 is 9.53 Å². The van der Waals surface area contributed by atoms with E-state index in [0.29, 0.717) is 17.1 Å². The maximum atomic E-state index is 12.5. The van der Waals surface area contributed by atoms with E-state index in [1.807, 2.05) is 73.7 Å². The van der Waals surface area contributed by atoms with Crippen LogP contribution in [0.4, 0.5) is 5.69 Å². The molecule has 2 N–H and O–H groups in total. The Labute approximate surface area is 181 Å². The summed E-state index contributed by atoms with van der Waals surface area (Å²) in [6.45, 7) is 5.37. The van der Waals surface area contributed by atoms with Gasteiger partial charge < -0.3 is 15.4 Å². The van der Waals surface area contributed by atoms with Crippen molar-refractivity contribution in [3.63, 3.8) is 0 Å². The first-order chi connectivity index (χ1) is 15.1. The summed E-state index contributed by atoms with van der Waals surface area (Å²) < 4.78 is 6.02. The van der Waals surface area contributed by atoms with Gasteiger partial charge >= 0.3 is 0 Å². The molecule has 1 aliphatic rings. The lowest BCUT2D eigenvalue weighted by molar-refractivity contribution is -0.112. The molecule has 2 heterocycles. The van der Waals surface area contributed by atoms with Crippen LogP contribution in [-0.2, 0) is 4.79 Å². The zero-order chi connectivity index (χ0) is 21.6. The molecule has 0 radical (unpaired) electrons. The summed E-state index contributed by atoms with van der Waals surface area (Å²) >= 11 is 0. The molecule has 0 fully saturated rings. The second kappa shape index (κ2) is 9.26. The summed E-state index contributed by atoms with van der Waals surface area (Å²) in [4.78, 5) is 21.3. The molecule has 4 rings (SSSR count). The summed E-state index contributed by atoms with van der Waals surface area (Å²) in [6, 6.07) is 19.0. The fraction of sp³-hybridized carbons (Fsp3) is 0.160. The number of hydrogen-bond donors (Lipinski definition) is 2. The molecule has 0 spiro atoms. The molecule has 6 heteroatoms. The minimum absolute atomic E-state index is 0.138. The maximum Gasteiger partial charge on any atom is 0.251 e. The average Bonchev–Trinajstić information content (AvgIpc) is 3.29. The van der Waals surface area contributed by atoms with Gasteiger partial charge in [0, 0.05) is 30.1 Å². The number of aromatic nitrogens is 1. The van der Waals surface area contributed by atoms with Crippen LogP contribution in [-0.4, -0.2) is 29.8 Å². The van der Waals surface area contributed by atoms with Crippen LogP contribution in [0.3, 0.4) is 0 Å². The van der Waals surface area contributed by atoms with Crippen LogP contribution in [0.15, 0.2) is 77.4 Å². The number of benzene rings is 2. The van der Waals surface area contributed by atoms with Crippen LogP contribution < -0.4 is 15.4 Å². The molecule has 0 aliphatic carbocycles. The zero-order valence-corrected chi connectivity index (χ0v) is 17.6. The SMILES string of the molecule is C/C(=C\c1cccc(Oc2ccnc(C3=NCCN3)c2)c1)C(=O)Nc1cccc(C)c1. The van der Waals surface area contributed by atoms with Gasteiger partial charge in [-0.3, -0.25) is 14.8 Å². The van der Waals surface area contributed by atoms with Crippen molar-refractivity contribution in [2.45, 2.75) is 13.8 Å². The number of nitrogens with one attached hydrogen (secondary N) is 2. The van der Waals surface area contributed by atoms with Crippen LogP contribution in [0, 0.1) is 6.92 Å². The van der Waals surface area contributed by atoms with E-state index in [9.17, 15) is 4.79 Å². The third-order valence-corrected chi connectivity index (χ3v) is 4.76. The lowest BCUT2D eigenvalue weighted by Crippen LogP contribution is -2.20. The number of hydrogen-bond acceptors (Lipinski definition) is 5. The van der Waals surface area contributed by atoms with Gasteiger partial charge in [-0.15, -0.1) is 0 Å². The Bertz CT molecular complexity index is 1170. The first-order valence-electron chi connectivity index (χ1n) is 10.2. The zero-order valence-electron chi connectivity index (χ0n) is 17.6. The fourth-order valence-electron chi connectivity index (χ4n) is 3.25. The minimum atomic E-state index is -0.138. The first kappa shape index (κ1) is 20.3. The van der Waals surface area contributed by atoms with Crippen LogP contribution in [0.2, 0.25) is 0 Å². The standard InChI is InChI=1S/C25H24N4O2/c1-17-5-3-7-20(13-17)29-25(30)18(2)14-19-6-4-8-21(15-19)31-22-9-10-26-23(16-22)24-27-11-12-28-24/h3-10,13-16H,11-12H2,1-2H3,(H,27,28)(H,29,30)/b18-14+. The second-order valence-corrected chi connectivity index (χ2v) is 7.36. The number of pyridine rings is 1. The van der Waals surface area contributed by atoms with Crippen LogP contribution in [0.5, 0.6) is 11.5 Å². The summed E-state index contributed by atoms with van der Waals surface area (Å²) in [5, 5.41) is 6.14. The molecular weight excluding hydrogens is 388 g/mol. The smallest absolute Gasteiger partial charge is 0.251 e. The van der Waals surface area contributed by atoms with Gasteiger partial charge in [-0.2, -0.15) is 0 Å². The van der Waals surface area contributed by atoms with Crippen molar-refractivity contribution in [1.29, 1.82) is 0 Å². The normalized spacial score (nSPS) is 13.4. The molecule has 1 aliphatic heterocycles. The van der Waals surface area contributed by atoms with Gasteiger partial charge in [0.1, 0.15) is 23.0 Å². The number of rotatable bonds is 6. The van der Waals surface area contributed by atoms with E-state index < -0.39 is 0 Å². The maximum absolute atomic E-state index is 12.5. The predicted octanol–water partition coefficient (Wildman–Crippen LogP) is 4.57. The number of nitrogens with zero attached hydrogens (tertiary/aromatic N) is 2. The molecule has 2 aromatic carbocycles. The third-order valence-electron chi connectivity index (χ3n) is 4.76. The van der Waals surface area contributed by atoms with Crippen molar-refractivity contribution in [1.82, 2.24) is 10.3 Å². The van der Waals surface area contributed by atoms with Gasteiger partial charge in [0.25, 0.3) is 5.91 Å². The molecule has 0 bridgehead atoms. The van der Waals surface area contributed by atoms with Gasteiger partial charge in [0.2, 0.25) is 0 Å². The molecule has 0 atom stereocenters. The number of amides is 1. The Morgan fingerprint density at radius 3 is 2.74 bits per heavy atom. The molecular formula is C25H24N4O2. The van der Waals surface area contributed by atoms with E-state index in [4.69, 9.17) is 4.74 Å². The van der Waals surface area contributed by atoms with Gasteiger partial charge in [-0.1, -0.05) is 24.3 Å². The highest BCUT2D eigenvalue weighted by Crippen LogP contribution is 2.24. The predicted molar refractivity (Wildman–Crippen MR) is 124 cm³/mol. The van der Waals surface area contributed by atoms with Crippen molar-refractivity contribution >= 4 is 23.5 Å². The van der Waals surface area contributed by atoms with E-state index in [1.165, 1.54) is 0 Å². The highest BCUT2D eigenvalue weighted by Gasteiger charge is 2.11. The van der Waals surface area contributed by atoms with Gasteiger partial charge in [-0.05, 0) is 61.4 Å². The number of aliphatic imine (C=N–C) groups is 1. The van der Waals surface area contributed by atoms with E-state index in [1.54, 1.807) is 13.1 Å². The number of carbonyl (C=O) groups excluding carboxylic acids is 1. The molecule has 31 heavy (non-hydrogen) atoms. The van der Waals surface area contributed by atoms with E-state index in [2.05, 4.69) is 20.6 Å². The molecule has 1 amide bonds. The highest BCUT2D eigenvalue weighted by atomic mass is 16.5. The number of anilines is 1. The lowest BCUT2D eigenvalue weighted by Gasteiger charge is -2.09. The van der Waals surface area contributed by atoms with Gasteiger partial charge in [0.05, 0.1) is 6.54 Å². The van der Waals surface area contributed by atoms with Crippen molar-refractivity contribution in [2.75, 3.05) is 18.4 Å². The van der Waals surface area contributed by atoms with Crippen LogP contribution >= 0.6 is 0 Å². The monoisotopic (exact) mass is 412 g/mol. The molecule has 6 nitrogen and oxygen atoms in total. The number of aryl methyl sites for hydroxylation is 1. The summed E-state index contributed by atoms with van der Waals surface area (Å²) in [6.07, 6.45) is 3.55. The Morgan fingerprint density at radius 1 is 1.10 bits per heavy atom. The molecule has 1 aromatic heterocycles. The first-order valence-corrected chi connectivity index (χ1v) is 10.2. The van der Waals surface area contributed by atoms with Crippen LogP contribution in [0.1, 0.15) is 23.7 Å². The van der Waals surface area contributed by atoms with Gasteiger partial charge in [0.15, 0.2) is 0 Å². The lowest BCUT2D eigenvalue weighted by atomic mass is 10.1. The van der Waals surface area contributed by atoms with E-state index in [-0.39, 0.29) is 5.91 Å². The summed E-state index contributed by atoms with van der Waals surface area (Å²) in [7, 11) is 0.